The number of aryl methyl sites for hydroxylation is 1. The summed E-state index contributed by atoms with van der Waals surface area (Å²) in [4.78, 5) is 0.227. The summed E-state index contributed by atoms with van der Waals surface area (Å²) in [6.45, 7) is 0.353. The Labute approximate surface area is 124 Å². The van der Waals surface area contributed by atoms with Crippen LogP contribution in [0.25, 0.3) is 0 Å². The molecule has 0 amide bonds. The van der Waals surface area contributed by atoms with E-state index in [9.17, 15) is 8.42 Å². The Balaban J connectivity index is 1.94. The summed E-state index contributed by atoms with van der Waals surface area (Å²) < 4.78 is 28.5. The maximum atomic E-state index is 12.1. The van der Waals surface area contributed by atoms with Gasteiger partial charge >= 0.3 is 0 Å². The van der Waals surface area contributed by atoms with E-state index in [1.54, 1.807) is 28.9 Å². The van der Waals surface area contributed by atoms with Crippen molar-refractivity contribution < 1.29 is 13.5 Å². The third-order valence-electron chi connectivity index (χ3n) is 3.08. The van der Waals surface area contributed by atoms with Crippen molar-refractivity contribution in [2.24, 2.45) is 7.05 Å². The first-order valence-electron chi connectivity index (χ1n) is 6.69. The van der Waals surface area contributed by atoms with Crippen LogP contribution < -0.4 is 4.72 Å². The molecule has 0 spiro atoms. The maximum absolute atomic E-state index is 12.1. The number of nitrogens with one attached hydrogen (secondary N) is 1. The van der Waals surface area contributed by atoms with Crippen LogP contribution in [0.5, 0.6) is 0 Å². The second-order valence-corrected chi connectivity index (χ2v) is 6.51. The zero-order valence-corrected chi connectivity index (χ0v) is 12.7. The van der Waals surface area contributed by atoms with E-state index in [2.05, 4.69) is 9.82 Å². The molecule has 114 valence electrons. The van der Waals surface area contributed by atoms with Crippen molar-refractivity contribution in [2.75, 3.05) is 13.2 Å². The molecule has 0 aliphatic carbocycles. The molecule has 0 bridgehead atoms. The summed E-state index contributed by atoms with van der Waals surface area (Å²) >= 11 is 0. The molecule has 2 N–H and O–H groups in total. The minimum atomic E-state index is -3.50. The highest BCUT2D eigenvalue weighted by atomic mass is 32.2. The van der Waals surface area contributed by atoms with Crippen LogP contribution in [-0.2, 0) is 29.9 Å². The quantitative estimate of drug-likeness (QED) is 0.779. The van der Waals surface area contributed by atoms with E-state index < -0.39 is 10.0 Å². The van der Waals surface area contributed by atoms with E-state index in [0.717, 1.165) is 11.3 Å². The second kappa shape index (κ2) is 6.84. The molecule has 1 heterocycles. The molecule has 0 radical (unpaired) electrons. The molecule has 1 aromatic heterocycles. The van der Waals surface area contributed by atoms with Gasteiger partial charge in [-0.05, 0) is 30.2 Å². The summed E-state index contributed by atoms with van der Waals surface area (Å²) in [5.41, 5.74) is 1.75. The Hall–Kier alpha value is -1.70. The Bertz CT molecular complexity index is 678. The van der Waals surface area contributed by atoms with Crippen molar-refractivity contribution >= 4 is 10.0 Å². The van der Waals surface area contributed by atoms with Gasteiger partial charge in [0.1, 0.15) is 0 Å². The van der Waals surface area contributed by atoms with Gasteiger partial charge in [-0.1, -0.05) is 12.1 Å². The van der Waals surface area contributed by atoms with Crippen molar-refractivity contribution in [2.45, 2.75) is 17.7 Å². The molecular weight excluding hydrogens is 290 g/mol. The molecule has 7 heteroatoms. The fourth-order valence-electron chi connectivity index (χ4n) is 1.96. The van der Waals surface area contributed by atoms with E-state index in [1.807, 2.05) is 19.3 Å². The molecule has 6 nitrogen and oxygen atoms in total. The van der Waals surface area contributed by atoms with E-state index in [0.29, 0.717) is 19.4 Å². The van der Waals surface area contributed by atoms with E-state index in [-0.39, 0.29) is 11.5 Å². The largest absolute Gasteiger partial charge is 0.396 e. The number of benzene rings is 1. The lowest BCUT2D eigenvalue weighted by molar-refractivity contribution is 0.299. The van der Waals surface area contributed by atoms with Gasteiger partial charge < -0.3 is 5.11 Å². The van der Waals surface area contributed by atoms with Crippen molar-refractivity contribution in [3.8, 4) is 0 Å². The number of aliphatic hydroxyl groups excluding tert-OH is 1. The second-order valence-electron chi connectivity index (χ2n) is 4.75. The molecule has 0 saturated carbocycles. The number of hydrogen-bond donors (Lipinski definition) is 2. The van der Waals surface area contributed by atoms with E-state index in [1.165, 1.54) is 0 Å². The first-order valence-corrected chi connectivity index (χ1v) is 8.17. The molecule has 2 aromatic rings. The molecule has 21 heavy (non-hydrogen) atoms. The molecular formula is C14H19N3O3S. The number of hydrogen-bond acceptors (Lipinski definition) is 4. The third-order valence-corrected chi connectivity index (χ3v) is 4.55. The predicted octanol–water partition coefficient (Wildman–Crippen LogP) is 0.476. The van der Waals surface area contributed by atoms with Crippen molar-refractivity contribution in [3.63, 3.8) is 0 Å². The molecule has 0 atom stereocenters. The Morgan fingerprint density at radius 2 is 1.90 bits per heavy atom. The summed E-state index contributed by atoms with van der Waals surface area (Å²) in [5, 5.41) is 13.0. The van der Waals surface area contributed by atoms with Gasteiger partial charge in [0.05, 0.1) is 10.6 Å². The summed E-state index contributed by atoms with van der Waals surface area (Å²) in [7, 11) is -1.68. The summed E-state index contributed by atoms with van der Waals surface area (Å²) in [6, 6.07) is 8.38. The zero-order chi connectivity index (χ0) is 15.3. The summed E-state index contributed by atoms with van der Waals surface area (Å²) in [6.07, 6.45) is 2.89. The van der Waals surface area contributed by atoms with Crippen molar-refractivity contribution in [1.29, 1.82) is 0 Å². The van der Waals surface area contributed by atoms with Crippen LogP contribution in [0.2, 0.25) is 0 Å². The number of rotatable bonds is 7. The normalized spacial score (nSPS) is 11.7. The molecule has 0 unspecified atom stereocenters. The Morgan fingerprint density at radius 1 is 1.19 bits per heavy atom. The highest BCUT2D eigenvalue weighted by Crippen LogP contribution is 2.11. The van der Waals surface area contributed by atoms with Gasteiger partial charge in [0, 0.05) is 32.8 Å². The molecule has 0 aliphatic rings. The number of aliphatic hydroxyl groups is 1. The van der Waals surface area contributed by atoms with Crippen LogP contribution in [0, 0.1) is 0 Å². The van der Waals surface area contributed by atoms with Gasteiger partial charge in [0.15, 0.2) is 0 Å². The highest BCUT2D eigenvalue weighted by molar-refractivity contribution is 7.89. The lowest BCUT2D eigenvalue weighted by Gasteiger charge is -2.07. The molecule has 0 fully saturated rings. The van der Waals surface area contributed by atoms with Gasteiger partial charge in [-0.3, -0.25) is 4.68 Å². The highest BCUT2D eigenvalue weighted by Gasteiger charge is 2.13. The molecule has 0 aliphatic heterocycles. The number of sulfonamides is 1. The smallest absolute Gasteiger partial charge is 0.240 e. The first kappa shape index (κ1) is 15.7. The van der Waals surface area contributed by atoms with Gasteiger partial charge in [0.25, 0.3) is 0 Å². The van der Waals surface area contributed by atoms with Gasteiger partial charge in [-0.25, -0.2) is 13.1 Å². The van der Waals surface area contributed by atoms with Crippen LogP contribution >= 0.6 is 0 Å². The Kier molecular flexibility index (Phi) is 5.11. The van der Waals surface area contributed by atoms with Gasteiger partial charge in [0.2, 0.25) is 10.0 Å². The number of aromatic nitrogens is 2. The van der Waals surface area contributed by atoms with E-state index >= 15 is 0 Å². The van der Waals surface area contributed by atoms with Crippen LogP contribution in [0.1, 0.15) is 11.3 Å². The maximum Gasteiger partial charge on any atom is 0.240 e. The lowest BCUT2D eigenvalue weighted by Crippen LogP contribution is -2.26. The Morgan fingerprint density at radius 3 is 2.48 bits per heavy atom. The molecule has 1 aromatic carbocycles. The first-order chi connectivity index (χ1) is 10.0. The monoisotopic (exact) mass is 309 g/mol. The van der Waals surface area contributed by atoms with Gasteiger partial charge in [-0.15, -0.1) is 0 Å². The minimum absolute atomic E-state index is 0.0500. The summed E-state index contributed by atoms with van der Waals surface area (Å²) in [5.74, 6) is 0. The molecule has 0 saturated heterocycles. The van der Waals surface area contributed by atoms with Crippen molar-refractivity contribution in [1.82, 2.24) is 14.5 Å². The van der Waals surface area contributed by atoms with Crippen LogP contribution in [0.15, 0.2) is 41.4 Å². The van der Waals surface area contributed by atoms with Gasteiger partial charge in [-0.2, -0.15) is 5.10 Å². The fourth-order valence-corrected chi connectivity index (χ4v) is 2.99. The average Bonchev–Trinajstić information content (AvgIpc) is 2.85. The standard InChI is InChI=1S/C14H19N3O3S/c1-17-10-7-13(16-17)6-9-15-21(19,20)14-4-2-12(3-5-14)8-11-18/h2-5,7,10,15,18H,6,8-9,11H2,1H3. The minimum Gasteiger partial charge on any atom is -0.396 e. The fraction of sp³-hybridized carbons (Fsp3) is 0.357. The van der Waals surface area contributed by atoms with Crippen LogP contribution in [0.4, 0.5) is 0 Å². The predicted molar refractivity (Wildman–Crippen MR) is 79.3 cm³/mol. The number of nitrogens with zero attached hydrogens (tertiary/aromatic N) is 2. The third kappa shape index (κ3) is 4.38. The lowest BCUT2D eigenvalue weighted by atomic mass is 10.2. The van der Waals surface area contributed by atoms with Crippen LogP contribution in [-0.4, -0.2) is 36.5 Å². The molecule has 2 rings (SSSR count). The van der Waals surface area contributed by atoms with E-state index in [4.69, 9.17) is 5.11 Å². The van der Waals surface area contributed by atoms with Crippen LogP contribution in [0.3, 0.4) is 0 Å². The SMILES string of the molecule is Cn1ccc(CCNS(=O)(=O)c2ccc(CCO)cc2)n1. The van der Waals surface area contributed by atoms with Crippen molar-refractivity contribution in [3.05, 3.63) is 47.8 Å². The average molecular weight is 309 g/mol. The zero-order valence-electron chi connectivity index (χ0n) is 11.9. The topological polar surface area (TPSA) is 84.2 Å².